The summed E-state index contributed by atoms with van der Waals surface area (Å²) in [6, 6.07) is 0. The first-order chi connectivity index (χ1) is 6.25. The van der Waals surface area contributed by atoms with E-state index in [0.29, 0.717) is 12.0 Å². The molecule has 0 unspecified atom stereocenters. The Bertz CT molecular complexity index is 334. The first-order valence-corrected chi connectivity index (χ1v) is 11.9. The largest absolute Gasteiger partial charge is 1.00 e. The third-order valence-electron chi connectivity index (χ3n) is 1.36. The standard InChI is InChI=1S/C6H8O3P.C2H6Si.2ClH.Zr/c1-5-3-2-4-6(5)10(7,8)9;1-3-2;;;/h4H,3H2,1H3,(H2,7,8,9);1-2H3;2*1H;/q-1;;;;+2/p-2. The van der Waals surface area contributed by atoms with Gasteiger partial charge in [0.15, 0.2) is 0 Å². The van der Waals surface area contributed by atoms with Gasteiger partial charge in [-0.2, -0.15) is 5.57 Å². The van der Waals surface area contributed by atoms with E-state index in [4.69, 9.17) is 9.79 Å². The molecule has 8 heteroatoms. The van der Waals surface area contributed by atoms with Gasteiger partial charge in [0.25, 0.3) is 7.60 Å². The molecule has 0 aromatic carbocycles. The van der Waals surface area contributed by atoms with Crippen molar-refractivity contribution in [2.45, 2.75) is 26.4 Å². The van der Waals surface area contributed by atoms with E-state index in [0.717, 1.165) is 0 Å². The zero-order chi connectivity index (χ0) is 11.4. The van der Waals surface area contributed by atoms with E-state index in [1.165, 1.54) is 6.08 Å². The average molecular weight is 379 g/mol. The molecular weight excluding hydrogens is 365 g/mol. The zero-order valence-corrected chi connectivity index (χ0v) is 15.2. The summed E-state index contributed by atoms with van der Waals surface area (Å²) in [4.78, 5) is 17.3. The predicted octanol–water partition coefficient (Wildman–Crippen LogP) is -4.01. The Labute approximate surface area is 124 Å². The van der Waals surface area contributed by atoms with Crippen LogP contribution in [0.25, 0.3) is 0 Å². The van der Waals surface area contributed by atoms with Crippen LogP contribution in [0.15, 0.2) is 17.0 Å². The molecule has 0 radical (unpaired) electrons. The maximum atomic E-state index is 10.6. The Morgan fingerprint density at radius 2 is 1.81 bits per heavy atom. The van der Waals surface area contributed by atoms with Crippen molar-refractivity contribution in [2.75, 3.05) is 0 Å². The quantitative estimate of drug-likeness (QED) is 0.277. The fourth-order valence-corrected chi connectivity index (χ4v) is 1.68. The molecule has 1 aliphatic rings. The van der Waals surface area contributed by atoms with Gasteiger partial charge < -0.3 is 34.6 Å². The van der Waals surface area contributed by atoms with Crippen LogP contribution in [0.2, 0.25) is 13.1 Å². The van der Waals surface area contributed by atoms with Crippen molar-refractivity contribution in [1.29, 1.82) is 0 Å². The van der Waals surface area contributed by atoms with Crippen LogP contribution in [-0.4, -0.2) is 15.2 Å². The topological polar surface area (TPSA) is 57.5 Å². The van der Waals surface area contributed by atoms with Crippen molar-refractivity contribution in [2.24, 2.45) is 0 Å². The van der Waals surface area contributed by atoms with Gasteiger partial charge in [-0.3, -0.25) is 10.6 Å². The second-order valence-corrected chi connectivity index (χ2v) is 14.2. The monoisotopic (exact) mass is 377 g/mol. The van der Waals surface area contributed by atoms with Crippen molar-refractivity contribution >= 4 is 13.0 Å². The Hall–Kier alpha value is 1.31. The predicted molar refractivity (Wildman–Crippen MR) is 54.7 cm³/mol. The second kappa shape index (κ2) is 10.3. The molecule has 92 valence electrons. The zero-order valence-electron chi connectivity index (χ0n) is 9.29. The van der Waals surface area contributed by atoms with Gasteiger partial charge in [0.2, 0.25) is 0 Å². The van der Waals surface area contributed by atoms with Gasteiger partial charge in [-0.05, 0) is 0 Å². The van der Waals surface area contributed by atoms with Crippen molar-refractivity contribution in [3.63, 3.8) is 0 Å². The summed E-state index contributed by atoms with van der Waals surface area (Å²) in [5, 5.41) is 0.132. The summed E-state index contributed by atoms with van der Waals surface area (Å²) in [6.45, 7) is 6.32. The SMILES string of the molecule is CC1=C(P(=O)(O)O)C=[C-]C1.C[Si](C)=[Zr+2].[Cl-].[Cl-]. The third kappa shape index (κ3) is 10.5. The molecule has 0 atom stereocenters. The van der Waals surface area contributed by atoms with Crippen LogP contribution in [0, 0.1) is 6.08 Å². The Morgan fingerprint density at radius 1 is 1.44 bits per heavy atom. The van der Waals surface area contributed by atoms with Crippen LogP contribution >= 0.6 is 7.60 Å². The fourth-order valence-electron chi connectivity index (χ4n) is 0.847. The van der Waals surface area contributed by atoms with E-state index < -0.39 is 7.60 Å². The molecule has 0 amide bonds. The summed E-state index contributed by atoms with van der Waals surface area (Å²) in [5.41, 5.74) is 0.926. The van der Waals surface area contributed by atoms with E-state index in [-0.39, 0.29) is 35.6 Å². The molecule has 16 heavy (non-hydrogen) atoms. The summed E-state index contributed by atoms with van der Waals surface area (Å²) in [6.07, 6.45) is 4.65. The number of rotatable bonds is 1. The summed E-state index contributed by atoms with van der Waals surface area (Å²) < 4.78 is 10.6. The third-order valence-corrected chi connectivity index (χ3v) is 2.50. The van der Waals surface area contributed by atoms with Gasteiger partial charge in [0, 0.05) is 0 Å². The number of allylic oxidation sites excluding steroid dienone is 4. The maximum absolute atomic E-state index is 10.6. The summed E-state index contributed by atoms with van der Waals surface area (Å²) >= 11 is 1.74. The molecule has 0 aliphatic heterocycles. The summed E-state index contributed by atoms with van der Waals surface area (Å²) in [7, 11) is -4.01. The molecule has 0 heterocycles. The molecule has 0 saturated heterocycles. The number of halogens is 2. The van der Waals surface area contributed by atoms with Crippen LogP contribution in [0.4, 0.5) is 0 Å². The first-order valence-electron chi connectivity index (χ1n) is 4.09. The van der Waals surface area contributed by atoms with Crippen LogP contribution < -0.4 is 24.8 Å². The molecule has 0 fully saturated rings. The molecule has 0 saturated carbocycles. The van der Waals surface area contributed by atoms with Crippen molar-refractivity contribution in [3.8, 4) is 0 Å². The van der Waals surface area contributed by atoms with E-state index in [1.54, 1.807) is 30.3 Å². The minimum Gasteiger partial charge on any atom is -1.00 e. The van der Waals surface area contributed by atoms with Crippen LogP contribution in [0.5, 0.6) is 0 Å². The van der Waals surface area contributed by atoms with Crippen molar-refractivity contribution < 1.29 is 62.5 Å². The molecule has 1 aliphatic carbocycles. The van der Waals surface area contributed by atoms with Gasteiger partial charge in [-0.15, -0.1) is 6.42 Å². The molecule has 2 N–H and O–H groups in total. The van der Waals surface area contributed by atoms with Crippen molar-refractivity contribution in [3.05, 3.63) is 23.0 Å². The minimum atomic E-state index is -4.01. The first kappa shape index (κ1) is 22.5. The fraction of sp³-hybridized carbons (Fsp3) is 0.500. The molecular formula is C8H14Cl2O3PSiZr-. The Morgan fingerprint density at radius 3 is 1.94 bits per heavy atom. The molecule has 0 spiro atoms. The molecule has 0 aromatic heterocycles. The van der Waals surface area contributed by atoms with E-state index in [9.17, 15) is 4.57 Å². The Kier molecular flexibility index (Phi) is 14.4. The van der Waals surface area contributed by atoms with E-state index in [1.807, 2.05) is 0 Å². The van der Waals surface area contributed by atoms with Crippen LogP contribution in [0.3, 0.4) is 0 Å². The molecule has 3 nitrogen and oxygen atoms in total. The van der Waals surface area contributed by atoms with Crippen molar-refractivity contribution in [1.82, 2.24) is 0 Å². The maximum Gasteiger partial charge on any atom is -1.00 e. The smallest absolute Gasteiger partial charge is 1.00 e. The number of hydrogen-bond acceptors (Lipinski definition) is 1. The van der Waals surface area contributed by atoms with Gasteiger partial charge in [-0.25, -0.2) is 6.08 Å². The van der Waals surface area contributed by atoms with E-state index >= 15 is 0 Å². The minimum absolute atomic E-state index is 0. The molecule has 0 bridgehead atoms. The van der Waals surface area contributed by atoms with Gasteiger partial charge >= 0.3 is 41.9 Å². The van der Waals surface area contributed by atoms with Gasteiger partial charge in [0.05, 0.1) is 0 Å². The van der Waals surface area contributed by atoms with Crippen LogP contribution in [0.1, 0.15) is 13.3 Å². The molecule has 1 rings (SSSR count). The summed E-state index contributed by atoms with van der Waals surface area (Å²) in [5.74, 6) is 0. The molecule has 0 aromatic rings. The second-order valence-electron chi connectivity index (χ2n) is 3.23. The van der Waals surface area contributed by atoms with Gasteiger partial charge in [-0.1, -0.05) is 12.2 Å². The van der Waals surface area contributed by atoms with Gasteiger partial charge in [0.1, 0.15) is 0 Å². The Balaban J connectivity index is -0.000000249. The average Bonchev–Trinajstić information content (AvgIpc) is 2.31. The van der Waals surface area contributed by atoms with Crippen LogP contribution in [-0.2, 0) is 27.9 Å². The van der Waals surface area contributed by atoms with E-state index in [2.05, 4.69) is 19.2 Å². The normalized spacial score (nSPS) is 13.4. The number of hydrogen-bond donors (Lipinski definition) is 2.